The zero-order valence-corrected chi connectivity index (χ0v) is 10.5. The molecule has 0 aromatic carbocycles. The first-order valence-electron chi connectivity index (χ1n) is 5.93. The molecule has 2 rings (SSSR count). The third-order valence-electron chi connectivity index (χ3n) is 3.68. The fraction of sp³-hybridized carbons (Fsp3) is 0.750. The van der Waals surface area contributed by atoms with Gasteiger partial charge in [0.1, 0.15) is 5.82 Å². The molecule has 2 N–H and O–H groups in total. The number of aryl methyl sites for hydroxylation is 1. The number of aromatic nitrogens is 2. The molecule has 4 nitrogen and oxygen atoms in total. The number of nitrogens with zero attached hydrogens (tertiary/aromatic N) is 3. The van der Waals surface area contributed by atoms with Crippen LogP contribution in [-0.4, -0.2) is 33.6 Å². The predicted octanol–water partition coefficient (Wildman–Crippen LogP) is 0.979. The second-order valence-electron chi connectivity index (χ2n) is 5.55. The Kier molecular flexibility index (Phi) is 3.04. The van der Waals surface area contributed by atoms with E-state index in [1.807, 2.05) is 19.4 Å². The van der Waals surface area contributed by atoms with Gasteiger partial charge in [0, 0.05) is 38.6 Å². The highest BCUT2D eigenvalue weighted by Gasteiger charge is 2.33. The first-order valence-corrected chi connectivity index (χ1v) is 5.93. The number of hydrogen-bond donors (Lipinski definition) is 1. The van der Waals surface area contributed by atoms with Crippen molar-refractivity contribution in [2.24, 2.45) is 18.2 Å². The summed E-state index contributed by atoms with van der Waals surface area (Å²) in [5.41, 5.74) is 6.34. The normalized spacial score (nSPS) is 25.9. The molecule has 0 spiro atoms. The van der Waals surface area contributed by atoms with Crippen LogP contribution in [0.2, 0.25) is 0 Å². The van der Waals surface area contributed by atoms with E-state index in [0.29, 0.717) is 6.04 Å². The van der Waals surface area contributed by atoms with Gasteiger partial charge in [0.15, 0.2) is 0 Å². The van der Waals surface area contributed by atoms with Crippen molar-refractivity contribution >= 4 is 0 Å². The lowest BCUT2D eigenvalue weighted by atomic mass is 9.80. The molecule has 1 atom stereocenters. The third kappa shape index (κ3) is 2.28. The minimum Gasteiger partial charge on any atom is -0.337 e. The van der Waals surface area contributed by atoms with Crippen LogP contribution in [0, 0.1) is 5.41 Å². The molecule has 0 saturated carbocycles. The Morgan fingerprint density at radius 2 is 2.31 bits per heavy atom. The predicted molar refractivity (Wildman–Crippen MR) is 64.9 cm³/mol. The highest BCUT2D eigenvalue weighted by atomic mass is 15.2. The summed E-state index contributed by atoms with van der Waals surface area (Å²) in [4.78, 5) is 6.82. The van der Waals surface area contributed by atoms with Crippen molar-refractivity contribution in [3.05, 3.63) is 18.2 Å². The van der Waals surface area contributed by atoms with Gasteiger partial charge in [0.2, 0.25) is 0 Å². The maximum Gasteiger partial charge on any atom is 0.122 e. The van der Waals surface area contributed by atoms with Gasteiger partial charge in [-0.05, 0) is 11.8 Å². The van der Waals surface area contributed by atoms with Crippen molar-refractivity contribution in [3.8, 4) is 0 Å². The molecule has 0 aliphatic carbocycles. The van der Waals surface area contributed by atoms with Crippen LogP contribution in [0.25, 0.3) is 0 Å². The minimum atomic E-state index is 0.212. The summed E-state index contributed by atoms with van der Waals surface area (Å²) < 4.78 is 2.08. The molecule has 1 unspecified atom stereocenters. The molecule has 1 fully saturated rings. The lowest BCUT2D eigenvalue weighted by Crippen LogP contribution is -2.52. The van der Waals surface area contributed by atoms with Crippen molar-refractivity contribution in [2.75, 3.05) is 13.1 Å². The Labute approximate surface area is 97.4 Å². The molecule has 2 heterocycles. The summed E-state index contributed by atoms with van der Waals surface area (Å²) in [6, 6.07) is 0.324. The maximum atomic E-state index is 6.13. The van der Waals surface area contributed by atoms with Gasteiger partial charge in [-0.15, -0.1) is 0 Å². The van der Waals surface area contributed by atoms with Crippen molar-refractivity contribution in [1.29, 1.82) is 0 Å². The highest BCUT2D eigenvalue weighted by Crippen LogP contribution is 2.28. The summed E-state index contributed by atoms with van der Waals surface area (Å²) in [6.07, 6.45) is 4.93. The minimum absolute atomic E-state index is 0.212. The van der Waals surface area contributed by atoms with E-state index in [-0.39, 0.29) is 5.41 Å². The molecule has 0 bridgehead atoms. The van der Waals surface area contributed by atoms with Gasteiger partial charge in [-0.2, -0.15) is 0 Å². The number of rotatable bonds is 2. The molecule has 90 valence electrons. The summed E-state index contributed by atoms with van der Waals surface area (Å²) in [5, 5.41) is 0. The Bertz CT molecular complexity index is 356. The number of nitrogens with two attached hydrogens (primary N) is 1. The van der Waals surface area contributed by atoms with Crippen LogP contribution in [0.15, 0.2) is 12.4 Å². The maximum absolute atomic E-state index is 6.13. The van der Waals surface area contributed by atoms with Gasteiger partial charge in [-0.25, -0.2) is 4.98 Å². The third-order valence-corrected chi connectivity index (χ3v) is 3.68. The van der Waals surface area contributed by atoms with E-state index >= 15 is 0 Å². The number of imidazole rings is 1. The molecule has 0 amide bonds. The van der Waals surface area contributed by atoms with Crippen molar-refractivity contribution in [1.82, 2.24) is 14.5 Å². The van der Waals surface area contributed by atoms with Crippen molar-refractivity contribution < 1.29 is 0 Å². The van der Waals surface area contributed by atoms with E-state index in [2.05, 4.69) is 28.3 Å². The van der Waals surface area contributed by atoms with Crippen LogP contribution in [-0.2, 0) is 13.6 Å². The smallest absolute Gasteiger partial charge is 0.122 e. The molecule has 1 aromatic rings. The van der Waals surface area contributed by atoms with Crippen molar-refractivity contribution in [2.45, 2.75) is 32.9 Å². The SMILES string of the molecule is Cn1ccnc1CN1CCC(N)C(C)(C)C1. The molecule has 1 aromatic heterocycles. The summed E-state index contributed by atoms with van der Waals surface area (Å²) in [7, 11) is 2.04. The van der Waals surface area contributed by atoms with Crippen LogP contribution >= 0.6 is 0 Å². The molecule has 16 heavy (non-hydrogen) atoms. The van der Waals surface area contributed by atoms with Crippen LogP contribution in [0.1, 0.15) is 26.1 Å². The summed E-state index contributed by atoms with van der Waals surface area (Å²) >= 11 is 0. The van der Waals surface area contributed by atoms with E-state index in [0.717, 1.165) is 31.9 Å². The monoisotopic (exact) mass is 222 g/mol. The van der Waals surface area contributed by atoms with Crippen LogP contribution in [0.3, 0.4) is 0 Å². The van der Waals surface area contributed by atoms with Gasteiger partial charge in [-0.3, -0.25) is 4.90 Å². The fourth-order valence-electron chi connectivity index (χ4n) is 2.37. The van der Waals surface area contributed by atoms with Gasteiger partial charge < -0.3 is 10.3 Å². The lowest BCUT2D eigenvalue weighted by Gasteiger charge is -2.42. The number of piperidine rings is 1. The summed E-state index contributed by atoms with van der Waals surface area (Å²) in [5.74, 6) is 1.13. The molecule has 1 saturated heterocycles. The number of likely N-dealkylation sites (tertiary alicyclic amines) is 1. The zero-order valence-electron chi connectivity index (χ0n) is 10.5. The van der Waals surface area contributed by atoms with E-state index in [1.54, 1.807) is 0 Å². The first kappa shape index (κ1) is 11.6. The van der Waals surface area contributed by atoms with E-state index < -0.39 is 0 Å². The average Bonchev–Trinajstić information content (AvgIpc) is 2.58. The second-order valence-corrected chi connectivity index (χ2v) is 5.55. The Hall–Kier alpha value is -0.870. The first-order chi connectivity index (χ1) is 7.49. The van der Waals surface area contributed by atoms with Gasteiger partial charge in [0.05, 0.1) is 6.54 Å². The topological polar surface area (TPSA) is 47.1 Å². The Balaban J connectivity index is 2.00. The van der Waals surface area contributed by atoms with Crippen LogP contribution < -0.4 is 5.73 Å². The molecular weight excluding hydrogens is 200 g/mol. The van der Waals surface area contributed by atoms with E-state index in [1.165, 1.54) is 0 Å². The van der Waals surface area contributed by atoms with E-state index in [9.17, 15) is 0 Å². The summed E-state index contributed by atoms with van der Waals surface area (Å²) in [6.45, 7) is 7.57. The van der Waals surface area contributed by atoms with Gasteiger partial charge in [-0.1, -0.05) is 13.8 Å². The van der Waals surface area contributed by atoms with Crippen LogP contribution in [0.5, 0.6) is 0 Å². The molecule has 1 aliphatic heterocycles. The Morgan fingerprint density at radius 1 is 1.56 bits per heavy atom. The van der Waals surface area contributed by atoms with Gasteiger partial charge in [0.25, 0.3) is 0 Å². The average molecular weight is 222 g/mol. The molecule has 4 heteroatoms. The van der Waals surface area contributed by atoms with Crippen molar-refractivity contribution in [3.63, 3.8) is 0 Å². The van der Waals surface area contributed by atoms with Gasteiger partial charge >= 0.3 is 0 Å². The molecule has 0 radical (unpaired) electrons. The standard InChI is InChI=1S/C12H22N4/c1-12(2)9-16(6-4-10(12)13)8-11-14-5-7-15(11)3/h5,7,10H,4,6,8-9,13H2,1-3H3. The largest absolute Gasteiger partial charge is 0.337 e. The lowest BCUT2D eigenvalue weighted by molar-refractivity contribution is 0.0872. The molecular formula is C12H22N4. The number of hydrogen-bond acceptors (Lipinski definition) is 3. The molecule has 1 aliphatic rings. The quantitative estimate of drug-likeness (QED) is 0.811. The fourth-order valence-corrected chi connectivity index (χ4v) is 2.37. The zero-order chi connectivity index (χ0) is 11.8. The second kappa shape index (κ2) is 4.18. The van der Waals surface area contributed by atoms with Crippen LogP contribution in [0.4, 0.5) is 0 Å². The highest BCUT2D eigenvalue weighted by molar-refractivity contribution is 4.95. The Morgan fingerprint density at radius 3 is 2.88 bits per heavy atom. The van der Waals surface area contributed by atoms with E-state index in [4.69, 9.17) is 5.73 Å².